The maximum absolute atomic E-state index is 14.4. The number of halogens is 1. The first-order valence-electron chi connectivity index (χ1n) is 8.62. The molecule has 0 saturated carbocycles. The number of primary amides is 1. The minimum Gasteiger partial charge on any atom is -0.395 e. The van der Waals surface area contributed by atoms with Crippen molar-refractivity contribution in [3.63, 3.8) is 0 Å². The number of carbonyl (C=O) groups is 1. The van der Waals surface area contributed by atoms with E-state index in [1.54, 1.807) is 12.3 Å². The van der Waals surface area contributed by atoms with Crippen molar-refractivity contribution in [1.29, 1.82) is 5.41 Å². The van der Waals surface area contributed by atoms with Crippen LogP contribution in [0.4, 0.5) is 15.9 Å². The van der Waals surface area contributed by atoms with Crippen molar-refractivity contribution >= 4 is 29.5 Å². The van der Waals surface area contributed by atoms with E-state index in [1.807, 2.05) is 0 Å². The van der Waals surface area contributed by atoms with E-state index in [9.17, 15) is 9.18 Å². The summed E-state index contributed by atoms with van der Waals surface area (Å²) < 4.78 is 14.4. The highest BCUT2D eigenvalue weighted by atomic mass is 19.1. The van der Waals surface area contributed by atoms with Crippen LogP contribution in [0.1, 0.15) is 21.5 Å². The number of aromatic nitrogens is 1. The molecule has 9 nitrogen and oxygen atoms in total. The summed E-state index contributed by atoms with van der Waals surface area (Å²) in [6.45, 7) is 0.436. The van der Waals surface area contributed by atoms with Gasteiger partial charge in [0, 0.05) is 54.6 Å². The lowest BCUT2D eigenvalue weighted by atomic mass is 10.1. The predicted octanol–water partition coefficient (Wildman–Crippen LogP) is 1.01. The van der Waals surface area contributed by atoms with E-state index in [1.165, 1.54) is 30.5 Å². The standard InChI is InChI=1S/C19H22FN7O2/c20-18-12(2-1-3-14(18)19(23)29)10-25-15-8-17(26-11-13(15)9-21)27-16(22)4-5-24-6-7-28/h1-5,8-9,11,21,24,28H,6-7,10H2,(H2,23,29)(H3,22,25,26,27)/b5-4-,21-9?. The van der Waals surface area contributed by atoms with Gasteiger partial charge in [0.1, 0.15) is 11.7 Å². The Labute approximate surface area is 166 Å². The molecule has 0 atom stereocenters. The number of aliphatic hydroxyl groups excluding tert-OH is 1. The molecule has 0 saturated heterocycles. The van der Waals surface area contributed by atoms with Crippen LogP contribution in [0, 0.1) is 11.2 Å². The fourth-order valence-corrected chi connectivity index (χ4v) is 2.34. The maximum atomic E-state index is 14.4. The third-order valence-electron chi connectivity index (χ3n) is 3.76. The van der Waals surface area contributed by atoms with Crippen LogP contribution in [0.5, 0.6) is 0 Å². The summed E-state index contributed by atoms with van der Waals surface area (Å²) in [6.07, 6.45) is 5.60. The van der Waals surface area contributed by atoms with Gasteiger partial charge in [-0.1, -0.05) is 12.1 Å². The second kappa shape index (κ2) is 10.5. The minimum absolute atomic E-state index is 0.00793. The summed E-state index contributed by atoms with van der Waals surface area (Å²) in [4.78, 5) is 19.5. The van der Waals surface area contributed by atoms with E-state index in [0.717, 1.165) is 6.21 Å². The quantitative estimate of drug-likeness (QED) is 0.198. The molecule has 1 heterocycles. The number of aliphatic imine (C=N–C) groups is 1. The highest BCUT2D eigenvalue weighted by molar-refractivity contribution is 5.94. The number of carbonyl (C=O) groups excluding carboxylic acids is 1. The first-order valence-corrected chi connectivity index (χ1v) is 8.62. The summed E-state index contributed by atoms with van der Waals surface area (Å²) in [5.41, 5.74) is 12.0. The molecular formula is C19H22FN7O2. The average molecular weight is 399 g/mol. The van der Waals surface area contributed by atoms with Crippen LogP contribution < -0.4 is 22.1 Å². The second-order valence-electron chi connectivity index (χ2n) is 5.82. The lowest BCUT2D eigenvalue weighted by molar-refractivity contribution is 0.0996. The number of rotatable bonds is 10. The number of nitrogens with two attached hydrogens (primary N) is 2. The molecule has 0 aliphatic heterocycles. The van der Waals surface area contributed by atoms with Gasteiger partial charge >= 0.3 is 0 Å². The van der Waals surface area contributed by atoms with E-state index in [0.29, 0.717) is 17.8 Å². The summed E-state index contributed by atoms with van der Waals surface area (Å²) in [5.74, 6) is -1.08. The molecular weight excluding hydrogens is 377 g/mol. The predicted molar refractivity (Wildman–Crippen MR) is 110 cm³/mol. The first-order chi connectivity index (χ1) is 14.0. The van der Waals surface area contributed by atoms with Gasteiger partial charge in [0.15, 0.2) is 5.82 Å². The van der Waals surface area contributed by atoms with E-state index in [-0.39, 0.29) is 35.9 Å². The Hall–Kier alpha value is -3.79. The molecule has 0 aliphatic rings. The van der Waals surface area contributed by atoms with Crippen molar-refractivity contribution in [3.05, 3.63) is 65.2 Å². The van der Waals surface area contributed by atoms with Gasteiger partial charge < -0.3 is 32.6 Å². The maximum Gasteiger partial charge on any atom is 0.251 e. The van der Waals surface area contributed by atoms with Crippen molar-refractivity contribution in [3.8, 4) is 0 Å². The smallest absolute Gasteiger partial charge is 0.251 e. The zero-order chi connectivity index (χ0) is 21.2. The number of benzene rings is 1. The average Bonchev–Trinajstić information content (AvgIpc) is 2.70. The van der Waals surface area contributed by atoms with Gasteiger partial charge in [-0.15, -0.1) is 0 Å². The molecule has 8 N–H and O–H groups in total. The highest BCUT2D eigenvalue weighted by Crippen LogP contribution is 2.21. The largest absolute Gasteiger partial charge is 0.395 e. The van der Waals surface area contributed by atoms with Crippen molar-refractivity contribution in [2.24, 2.45) is 16.5 Å². The Morgan fingerprint density at radius 3 is 2.86 bits per heavy atom. The fourth-order valence-electron chi connectivity index (χ4n) is 2.34. The molecule has 0 radical (unpaired) electrons. The fraction of sp³-hybridized carbons (Fsp3) is 0.158. The van der Waals surface area contributed by atoms with Crippen LogP contribution in [0.25, 0.3) is 0 Å². The molecule has 0 unspecified atom stereocenters. The Morgan fingerprint density at radius 2 is 2.17 bits per heavy atom. The molecule has 152 valence electrons. The van der Waals surface area contributed by atoms with Gasteiger partial charge in [-0.3, -0.25) is 4.79 Å². The second-order valence-corrected chi connectivity index (χ2v) is 5.82. The van der Waals surface area contributed by atoms with E-state index in [2.05, 4.69) is 20.6 Å². The summed E-state index contributed by atoms with van der Waals surface area (Å²) in [7, 11) is 0. The molecule has 0 aliphatic carbocycles. The molecule has 1 aromatic heterocycles. The zero-order valence-electron chi connectivity index (χ0n) is 15.5. The number of nitrogens with one attached hydrogen (secondary N) is 3. The number of amides is 1. The van der Waals surface area contributed by atoms with Crippen LogP contribution in [-0.2, 0) is 6.54 Å². The SMILES string of the molecule is N=Cc1cnc(N=C(N)/C=C\NCCO)cc1NCc1cccc(C(N)=O)c1F. The van der Waals surface area contributed by atoms with Gasteiger partial charge in [0.2, 0.25) is 0 Å². The number of pyridine rings is 1. The van der Waals surface area contributed by atoms with Gasteiger partial charge in [-0.05, 0) is 12.1 Å². The molecule has 0 spiro atoms. The van der Waals surface area contributed by atoms with Gasteiger partial charge in [0.05, 0.1) is 12.2 Å². The molecule has 0 fully saturated rings. The van der Waals surface area contributed by atoms with Crippen LogP contribution >= 0.6 is 0 Å². The number of anilines is 1. The number of hydrogen-bond acceptors (Lipinski definition) is 7. The minimum atomic E-state index is -0.845. The topological polar surface area (TPSA) is 162 Å². The van der Waals surface area contributed by atoms with E-state index >= 15 is 0 Å². The van der Waals surface area contributed by atoms with Gasteiger partial charge in [-0.2, -0.15) is 0 Å². The van der Waals surface area contributed by atoms with Crippen LogP contribution in [0.15, 0.2) is 47.7 Å². The van der Waals surface area contributed by atoms with Crippen LogP contribution in [0.2, 0.25) is 0 Å². The molecule has 2 aromatic rings. The normalized spacial score (nSPS) is 11.4. The Kier molecular flexibility index (Phi) is 7.80. The summed E-state index contributed by atoms with van der Waals surface area (Å²) in [5, 5.41) is 22.0. The van der Waals surface area contributed by atoms with Crippen molar-refractivity contribution < 1.29 is 14.3 Å². The van der Waals surface area contributed by atoms with E-state index < -0.39 is 11.7 Å². The Morgan fingerprint density at radius 1 is 1.38 bits per heavy atom. The Bertz CT molecular complexity index is 944. The third kappa shape index (κ3) is 6.11. The van der Waals surface area contributed by atoms with Crippen molar-refractivity contribution in [2.75, 3.05) is 18.5 Å². The molecule has 2 rings (SSSR count). The molecule has 1 aromatic carbocycles. The lowest BCUT2D eigenvalue weighted by Crippen LogP contribution is -2.15. The number of hydrogen-bond donors (Lipinski definition) is 6. The first kappa shape index (κ1) is 21.5. The van der Waals surface area contributed by atoms with Crippen LogP contribution in [0.3, 0.4) is 0 Å². The van der Waals surface area contributed by atoms with E-state index in [4.69, 9.17) is 22.0 Å². The summed E-state index contributed by atoms with van der Waals surface area (Å²) >= 11 is 0. The van der Waals surface area contributed by atoms with Crippen molar-refractivity contribution in [1.82, 2.24) is 10.3 Å². The summed E-state index contributed by atoms with van der Waals surface area (Å²) in [6, 6.07) is 5.95. The Balaban J connectivity index is 2.19. The monoisotopic (exact) mass is 399 g/mol. The lowest BCUT2D eigenvalue weighted by Gasteiger charge is -2.11. The zero-order valence-corrected chi connectivity index (χ0v) is 15.5. The van der Waals surface area contributed by atoms with Crippen molar-refractivity contribution in [2.45, 2.75) is 6.54 Å². The third-order valence-corrected chi connectivity index (χ3v) is 3.76. The number of amidine groups is 1. The number of nitrogens with zero attached hydrogens (tertiary/aromatic N) is 2. The van der Waals surface area contributed by atoms with Crippen LogP contribution in [-0.4, -0.2) is 41.2 Å². The molecule has 1 amide bonds. The molecule has 10 heteroatoms. The molecule has 0 bridgehead atoms. The van der Waals surface area contributed by atoms with Gasteiger partial charge in [0.25, 0.3) is 5.91 Å². The molecule has 29 heavy (non-hydrogen) atoms. The highest BCUT2D eigenvalue weighted by Gasteiger charge is 2.12. The number of aliphatic hydroxyl groups is 1. The van der Waals surface area contributed by atoms with Gasteiger partial charge in [-0.25, -0.2) is 14.4 Å².